The predicted molar refractivity (Wildman–Crippen MR) is 135 cm³/mol. The minimum atomic E-state index is 0.0206. The Morgan fingerprint density at radius 2 is 1.91 bits per heavy atom. The van der Waals surface area contributed by atoms with E-state index in [9.17, 15) is 4.79 Å². The Labute approximate surface area is 199 Å². The molecule has 1 heterocycles. The molecule has 0 radical (unpaired) electrons. The highest BCUT2D eigenvalue weighted by atomic mass is 32.2. The fraction of sp³-hybridized carbons (Fsp3) is 0.333. The second kappa shape index (κ2) is 11.1. The summed E-state index contributed by atoms with van der Waals surface area (Å²) >= 11 is 1.44. The molecule has 2 aromatic carbocycles. The van der Waals surface area contributed by atoms with E-state index in [1.807, 2.05) is 66.4 Å². The summed E-state index contributed by atoms with van der Waals surface area (Å²) in [6.07, 6.45) is 12.8. The minimum absolute atomic E-state index is 0.0206. The number of hydrogen-bond acceptors (Lipinski definition) is 5. The van der Waals surface area contributed by atoms with Crippen molar-refractivity contribution < 1.29 is 14.3 Å². The van der Waals surface area contributed by atoms with Crippen LogP contribution in [-0.4, -0.2) is 35.2 Å². The van der Waals surface area contributed by atoms with Crippen molar-refractivity contribution in [1.29, 1.82) is 0 Å². The van der Waals surface area contributed by atoms with E-state index in [2.05, 4.69) is 5.92 Å². The maximum Gasteiger partial charge on any atom is 0.267 e. The zero-order valence-corrected chi connectivity index (χ0v) is 19.6. The van der Waals surface area contributed by atoms with Gasteiger partial charge in [-0.2, -0.15) is 0 Å². The summed E-state index contributed by atoms with van der Waals surface area (Å²) in [6, 6.07) is 15.6. The normalized spacial score (nSPS) is 19.2. The van der Waals surface area contributed by atoms with Gasteiger partial charge in [-0.15, -0.1) is 6.42 Å². The van der Waals surface area contributed by atoms with E-state index < -0.39 is 0 Å². The van der Waals surface area contributed by atoms with E-state index in [0.29, 0.717) is 23.0 Å². The molecular formula is C27H28N2O3S. The Balaban J connectivity index is 1.66. The van der Waals surface area contributed by atoms with E-state index in [0.717, 1.165) is 42.1 Å². The second-order valence-corrected chi connectivity index (χ2v) is 8.95. The van der Waals surface area contributed by atoms with Crippen molar-refractivity contribution in [3.63, 3.8) is 0 Å². The van der Waals surface area contributed by atoms with Crippen LogP contribution in [0.5, 0.6) is 11.5 Å². The van der Waals surface area contributed by atoms with E-state index in [4.69, 9.17) is 20.9 Å². The molecule has 0 N–H and O–H groups in total. The van der Waals surface area contributed by atoms with Crippen molar-refractivity contribution in [1.82, 2.24) is 4.90 Å². The number of benzene rings is 2. The van der Waals surface area contributed by atoms with Gasteiger partial charge in [0.1, 0.15) is 6.61 Å². The lowest BCUT2D eigenvalue weighted by atomic mass is 9.94. The highest BCUT2D eigenvalue weighted by Crippen LogP contribution is 2.39. The molecule has 5 nitrogen and oxygen atoms in total. The number of para-hydroxylation sites is 1. The van der Waals surface area contributed by atoms with Crippen LogP contribution in [0.15, 0.2) is 58.4 Å². The van der Waals surface area contributed by atoms with Crippen molar-refractivity contribution in [2.75, 3.05) is 13.2 Å². The van der Waals surface area contributed by atoms with Gasteiger partial charge in [-0.3, -0.25) is 9.69 Å². The largest absolute Gasteiger partial charge is 0.490 e. The number of nitrogens with zero attached hydrogens (tertiary/aromatic N) is 2. The van der Waals surface area contributed by atoms with E-state index in [1.54, 1.807) is 0 Å². The molecular weight excluding hydrogens is 432 g/mol. The van der Waals surface area contributed by atoms with Crippen LogP contribution in [0.2, 0.25) is 0 Å². The van der Waals surface area contributed by atoms with Crippen molar-refractivity contribution in [2.24, 2.45) is 4.99 Å². The van der Waals surface area contributed by atoms with Gasteiger partial charge in [0.2, 0.25) is 0 Å². The molecule has 0 unspecified atom stereocenters. The van der Waals surface area contributed by atoms with Crippen LogP contribution in [-0.2, 0) is 4.79 Å². The molecule has 1 amide bonds. The maximum atomic E-state index is 13.5. The van der Waals surface area contributed by atoms with Crippen molar-refractivity contribution in [2.45, 2.75) is 45.1 Å². The first-order chi connectivity index (χ1) is 16.2. The van der Waals surface area contributed by atoms with Crippen LogP contribution in [0.25, 0.3) is 6.08 Å². The van der Waals surface area contributed by atoms with Crippen LogP contribution < -0.4 is 9.47 Å². The average Bonchev–Trinajstić information content (AvgIpc) is 3.14. The Morgan fingerprint density at radius 1 is 1.12 bits per heavy atom. The molecule has 0 atom stereocenters. The number of amides is 1. The summed E-state index contributed by atoms with van der Waals surface area (Å²) in [5.41, 5.74) is 1.72. The van der Waals surface area contributed by atoms with Gasteiger partial charge in [0.05, 0.1) is 17.2 Å². The van der Waals surface area contributed by atoms with Crippen LogP contribution >= 0.6 is 11.8 Å². The van der Waals surface area contributed by atoms with Crippen molar-refractivity contribution >= 4 is 34.6 Å². The Hall–Kier alpha value is -3.17. The maximum absolute atomic E-state index is 13.5. The number of aliphatic imine (C=N–C) groups is 1. The quantitative estimate of drug-likeness (QED) is 0.374. The molecule has 1 saturated heterocycles. The van der Waals surface area contributed by atoms with Crippen molar-refractivity contribution in [3.05, 3.63) is 59.0 Å². The first kappa shape index (κ1) is 23.0. The Kier molecular flexibility index (Phi) is 7.74. The number of terminal acetylenes is 1. The molecule has 1 saturated carbocycles. The molecule has 1 aliphatic carbocycles. The third-order valence-corrected chi connectivity index (χ3v) is 6.62. The molecule has 0 aromatic heterocycles. The number of ether oxygens (including phenoxy) is 2. The topological polar surface area (TPSA) is 51.1 Å². The van der Waals surface area contributed by atoms with Gasteiger partial charge in [-0.1, -0.05) is 49.4 Å². The summed E-state index contributed by atoms with van der Waals surface area (Å²) in [4.78, 5) is 20.9. The van der Waals surface area contributed by atoms with Gasteiger partial charge in [-0.05, 0) is 67.4 Å². The zero-order valence-electron chi connectivity index (χ0n) is 18.8. The van der Waals surface area contributed by atoms with Crippen LogP contribution in [0.3, 0.4) is 0 Å². The molecule has 33 heavy (non-hydrogen) atoms. The first-order valence-corrected chi connectivity index (χ1v) is 12.2. The molecule has 4 rings (SSSR count). The van der Waals surface area contributed by atoms with E-state index >= 15 is 0 Å². The van der Waals surface area contributed by atoms with Crippen LogP contribution in [0.1, 0.15) is 44.6 Å². The Morgan fingerprint density at radius 3 is 2.64 bits per heavy atom. The fourth-order valence-electron chi connectivity index (χ4n) is 4.11. The van der Waals surface area contributed by atoms with Gasteiger partial charge in [0, 0.05) is 6.04 Å². The van der Waals surface area contributed by atoms with E-state index in [-0.39, 0.29) is 18.6 Å². The molecule has 170 valence electrons. The number of hydrogen-bond donors (Lipinski definition) is 0. The lowest BCUT2D eigenvalue weighted by Gasteiger charge is -2.30. The van der Waals surface area contributed by atoms with Gasteiger partial charge in [0.15, 0.2) is 16.7 Å². The third-order valence-electron chi connectivity index (χ3n) is 5.63. The summed E-state index contributed by atoms with van der Waals surface area (Å²) in [7, 11) is 0. The summed E-state index contributed by atoms with van der Waals surface area (Å²) < 4.78 is 11.3. The fourth-order valence-corrected chi connectivity index (χ4v) is 5.17. The van der Waals surface area contributed by atoms with Crippen molar-refractivity contribution in [3.8, 4) is 23.8 Å². The van der Waals surface area contributed by atoms with Gasteiger partial charge in [0.25, 0.3) is 5.91 Å². The minimum Gasteiger partial charge on any atom is -0.490 e. The molecule has 2 fully saturated rings. The Bertz CT molecular complexity index is 1080. The number of carbonyl (C=O) groups excluding carboxylic acids is 1. The number of amidine groups is 1. The van der Waals surface area contributed by atoms with Crippen LogP contribution in [0.4, 0.5) is 5.69 Å². The smallest absolute Gasteiger partial charge is 0.267 e. The zero-order chi connectivity index (χ0) is 23.0. The van der Waals surface area contributed by atoms with Gasteiger partial charge in [-0.25, -0.2) is 4.99 Å². The highest BCUT2D eigenvalue weighted by Gasteiger charge is 2.38. The predicted octanol–water partition coefficient (Wildman–Crippen LogP) is 6.03. The number of thioether (sulfide) groups is 1. The first-order valence-electron chi connectivity index (χ1n) is 11.4. The lowest BCUT2D eigenvalue weighted by Crippen LogP contribution is -2.40. The molecule has 1 aliphatic heterocycles. The number of carbonyl (C=O) groups is 1. The van der Waals surface area contributed by atoms with Gasteiger partial charge < -0.3 is 9.47 Å². The number of rotatable bonds is 7. The SMILES string of the molecule is C#CCOc1ccc(/C=C2\SC(=Nc3ccccc3)N(C3CCCCC3)C2=O)cc1OCC. The second-order valence-electron chi connectivity index (χ2n) is 7.94. The monoisotopic (exact) mass is 460 g/mol. The van der Waals surface area contributed by atoms with Crippen LogP contribution in [0, 0.1) is 12.3 Å². The molecule has 0 spiro atoms. The molecule has 6 heteroatoms. The third kappa shape index (κ3) is 5.61. The summed E-state index contributed by atoms with van der Waals surface area (Å²) in [5, 5.41) is 0.753. The summed E-state index contributed by atoms with van der Waals surface area (Å²) in [6.45, 7) is 2.59. The van der Waals surface area contributed by atoms with E-state index in [1.165, 1.54) is 18.2 Å². The van der Waals surface area contributed by atoms with Gasteiger partial charge >= 0.3 is 0 Å². The standard InChI is InChI=1S/C27H28N2O3S/c1-3-17-32-23-16-15-20(18-24(23)31-4-2)19-25-26(30)29(22-13-9-6-10-14-22)27(33-25)28-21-11-7-5-8-12-21/h1,5,7-8,11-12,15-16,18-19,22H,4,6,9-10,13-14,17H2,2H3/b25-19-,28-27?. The lowest BCUT2D eigenvalue weighted by molar-refractivity contribution is -0.124. The summed E-state index contributed by atoms with van der Waals surface area (Å²) in [5.74, 6) is 3.70. The molecule has 2 aromatic rings. The highest BCUT2D eigenvalue weighted by molar-refractivity contribution is 8.18. The molecule has 2 aliphatic rings. The molecule has 0 bridgehead atoms. The average molecular weight is 461 g/mol.